The molecule has 4 N–H and O–H groups in total. The number of nitrogens with two attached hydrogens (primary N) is 1. The lowest BCUT2D eigenvalue weighted by molar-refractivity contribution is -0.871. The van der Waals surface area contributed by atoms with Crippen molar-refractivity contribution in [2.24, 2.45) is 5.73 Å². The van der Waals surface area contributed by atoms with Gasteiger partial charge in [-0.3, -0.25) is 9.11 Å². The van der Waals surface area contributed by atoms with Crippen molar-refractivity contribution in [3.05, 3.63) is 0 Å². The van der Waals surface area contributed by atoms with Gasteiger partial charge in [0, 0.05) is 12.4 Å². The zero-order valence-electron chi connectivity index (χ0n) is 9.45. The largest absolute Gasteiger partial charge is 0.550 e. The minimum absolute atomic E-state index is 0.0600. The van der Waals surface area contributed by atoms with Crippen LogP contribution in [0.25, 0.3) is 0 Å². The molecule has 0 unspecified atom stereocenters. The highest BCUT2D eigenvalue weighted by atomic mass is 32.3. The Morgan fingerprint density at radius 2 is 1.69 bits per heavy atom. The first-order chi connectivity index (χ1) is 6.81. The summed E-state index contributed by atoms with van der Waals surface area (Å²) in [6.45, 7) is 0.647. The highest BCUT2D eigenvalue weighted by molar-refractivity contribution is 7.79. The van der Waals surface area contributed by atoms with Gasteiger partial charge in [0.15, 0.2) is 0 Å². The zero-order valence-corrected chi connectivity index (χ0v) is 10.3. The van der Waals surface area contributed by atoms with E-state index in [2.05, 4.69) is 0 Å². The SMILES string of the molecule is C[N+](C)(C)C[C@H](N)CC(=O)[O-].O=S(=O)(O)O. The number of rotatable bonds is 4. The Morgan fingerprint density at radius 3 is 1.88 bits per heavy atom. The van der Waals surface area contributed by atoms with E-state index in [0.29, 0.717) is 11.0 Å². The average molecular weight is 258 g/mol. The van der Waals surface area contributed by atoms with E-state index < -0.39 is 16.4 Å². The summed E-state index contributed by atoms with van der Waals surface area (Å²) in [6.07, 6.45) is -0.0600. The molecule has 0 fully saturated rings. The topological polar surface area (TPSA) is 141 Å². The molecular weight excluding hydrogens is 240 g/mol. The molecule has 0 aromatic rings. The standard InChI is InChI=1S/C7H16N2O2.H2O4S/c1-9(2,3)5-6(8)4-7(10)11;1-5(2,3)4/h6H,4-5,8H2,1-3H3;(H2,1,2,3,4)/t6-;/m1./s1. The lowest BCUT2D eigenvalue weighted by Gasteiger charge is -2.27. The van der Waals surface area contributed by atoms with Crippen molar-refractivity contribution in [2.45, 2.75) is 12.5 Å². The van der Waals surface area contributed by atoms with Crippen LogP contribution in [0, 0.1) is 0 Å². The van der Waals surface area contributed by atoms with Crippen molar-refractivity contribution in [3.63, 3.8) is 0 Å². The number of quaternary nitrogens is 1. The summed E-state index contributed by atoms with van der Waals surface area (Å²) < 4.78 is 32.3. The molecule has 0 amide bonds. The van der Waals surface area contributed by atoms with Crippen LogP contribution >= 0.6 is 0 Å². The molecule has 0 aliphatic heterocycles. The van der Waals surface area contributed by atoms with Gasteiger partial charge in [-0.15, -0.1) is 0 Å². The molecule has 0 rings (SSSR count). The van der Waals surface area contributed by atoms with Crippen LogP contribution in [-0.4, -0.2) is 61.7 Å². The van der Waals surface area contributed by atoms with E-state index in [1.807, 2.05) is 21.1 Å². The molecule has 0 aliphatic rings. The number of carbonyl (C=O) groups is 1. The first-order valence-corrected chi connectivity index (χ1v) is 5.66. The summed E-state index contributed by atoms with van der Waals surface area (Å²) in [7, 11) is 1.24. The van der Waals surface area contributed by atoms with Gasteiger partial charge in [0.2, 0.25) is 0 Å². The summed E-state index contributed by atoms with van der Waals surface area (Å²) >= 11 is 0. The smallest absolute Gasteiger partial charge is 0.394 e. The van der Waals surface area contributed by atoms with Crippen molar-refractivity contribution in [3.8, 4) is 0 Å². The van der Waals surface area contributed by atoms with Crippen LogP contribution in [0.1, 0.15) is 6.42 Å². The summed E-state index contributed by atoms with van der Waals surface area (Å²) in [4.78, 5) is 10.1. The predicted molar refractivity (Wildman–Crippen MR) is 54.7 cm³/mol. The quantitative estimate of drug-likeness (QED) is 0.374. The van der Waals surface area contributed by atoms with Crippen LogP contribution in [-0.2, 0) is 15.2 Å². The molecule has 98 valence electrons. The molecular formula is C7H18N2O6S. The normalized spacial score (nSPS) is 13.6. The van der Waals surface area contributed by atoms with Crippen molar-refractivity contribution in [2.75, 3.05) is 27.7 Å². The second kappa shape index (κ2) is 6.76. The average Bonchev–Trinajstić information content (AvgIpc) is 1.72. The molecule has 0 heterocycles. The minimum Gasteiger partial charge on any atom is -0.550 e. The zero-order chi connectivity index (χ0) is 13.6. The fourth-order valence-electron chi connectivity index (χ4n) is 0.982. The Bertz CT molecular complexity index is 299. The van der Waals surface area contributed by atoms with Crippen molar-refractivity contribution < 1.29 is 31.9 Å². The molecule has 0 radical (unpaired) electrons. The summed E-state index contributed by atoms with van der Waals surface area (Å²) in [6, 6.07) is -0.306. The van der Waals surface area contributed by atoms with E-state index in [1.165, 1.54) is 0 Å². The summed E-state index contributed by atoms with van der Waals surface area (Å²) in [5.74, 6) is -1.08. The molecule has 9 heteroatoms. The van der Waals surface area contributed by atoms with Gasteiger partial charge in [0.05, 0.1) is 33.7 Å². The second-order valence-electron chi connectivity index (χ2n) is 4.26. The van der Waals surface area contributed by atoms with E-state index in [0.717, 1.165) is 0 Å². The van der Waals surface area contributed by atoms with E-state index in [-0.39, 0.29) is 12.5 Å². The van der Waals surface area contributed by atoms with Crippen molar-refractivity contribution in [1.29, 1.82) is 0 Å². The Kier molecular flexibility index (Phi) is 7.46. The Balaban J connectivity index is 0. The predicted octanol–water partition coefficient (Wildman–Crippen LogP) is -2.49. The van der Waals surface area contributed by atoms with Crippen LogP contribution in [0.4, 0.5) is 0 Å². The number of nitrogens with zero attached hydrogens (tertiary/aromatic N) is 1. The van der Waals surface area contributed by atoms with E-state index in [1.54, 1.807) is 0 Å². The van der Waals surface area contributed by atoms with Gasteiger partial charge in [0.1, 0.15) is 0 Å². The van der Waals surface area contributed by atoms with Gasteiger partial charge >= 0.3 is 10.4 Å². The Morgan fingerprint density at radius 1 is 1.38 bits per heavy atom. The molecule has 0 saturated heterocycles. The number of carboxylic acids is 1. The highest BCUT2D eigenvalue weighted by Gasteiger charge is 2.13. The van der Waals surface area contributed by atoms with E-state index in [4.69, 9.17) is 23.3 Å². The van der Waals surface area contributed by atoms with E-state index in [9.17, 15) is 9.90 Å². The van der Waals surface area contributed by atoms with Crippen LogP contribution in [0.5, 0.6) is 0 Å². The fourth-order valence-corrected chi connectivity index (χ4v) is 0.982. The van der Waals surface area contributed by atoms with Crippen LogP contribution in [0.15, 0.2) is 0 Å². The first kappa shape index (κ1) is 17.6. The monoisotopic (exact) mass is 258 g/mol. The number of hydrogen-bond acceptors (Lipinski definition) is 5. The molecule has 0 aliphatic carbocycles. The minimum atomic E-state index is -4.67. The maximum absolute atomic E-state index is 10.1. The van der Waals surface area contributed by atoms with Crippen molar-refractivity contribution in [1.82, 2.24) is 0 Å². The van der Waals surface area contributed by atoms with Gasteiger partial charge in [-0.1, -0.05) is 0 Å². The second-order valence-corrected chi connectivity index (χ2v) is 5.15. The fraction of sp³-hybridized carbons (Fsp3) is 0.857. The molecule has 16 heavy (non-hydrogen) atoms. The van der Waals surface area contributed by atoms with Gasteiger partial charge in [-0.25, -0.2) is 0 Å². The van der Waals surface area contributed by atoms with E-state index >= 15 is 0 Å². The lowest BCUT2D eigenvalue weighted by atomic mass is 10.2. The van der Waals surface area contributed by atoms with Crippen LogP contribution in [0.2, 0.25) is 0 Å². The number of aliphatic carboxylic acids is 1. The van der Waals surface area contributed by atoms with Gasteiger partial charge in [0.25, 0.3) is 0 Å². The molecule has 8 nitrogen and oxygen atoms in total. The number of hydrogen-bond donors (Lipinski definition) is 3. The number of carboxylic acid groups (broad SMARTS) is 1. The summed E-state index contributed by atoms with van der Waals surface area (Å²) in [5, 5.41) is 10.1. The van der Waals surface area contributed by atoms with Crippen LogP contribution < -0.4 is 10.8 Å². The molecule has 0 saturated carbocycles. The molecule has 1 atom stereocenters. The third kappa shape index (κ3) is 29.2. The highest BCUT2D eigenvalue weighted by Crippen LogP contribution is 1.95. The number of carbonyl (C=O) groups excluding carboxylic acids is 1. The maximum atomic E-state index is 10.1. The van der Waals surface area contributed by atoms with Crippen LogP contribution in [0.3, 0.4) is 0 Å². The van der Waals surface area contributed by atoms with Gasteiger partial charge in [-0.05, 0) is 0 Å². The third-order valence-corrected chi connectivity index (χ3v) is 1.21. The molecule has 0 aromatic carbocycles. The lowest BCUT2D eigenvalue weighted by Crippen LogP contribution is -2.47. The van der Waals surface area contributed by atoms with Gasteiger partial charge < -0.3 is 20.1 Å². The molecule has 0 spiro atoms. The number of likely N-dealkylation sites (N-methyl/N-ethyl adjacent to an activating group) is 1. The van der Waals surface area contributed by atoms with Crippen molar-refractivity contribution >= 4 is 16.4 Å². The third-order valence-electron chi connectivity index (χ3n) is 1.21. The molecule has 0 aromatic heterocycles. The molecule has 0 bridgehead atoms. The van der Waals surface area contributed by atoms with Gasteiger partial charge in [-0.2, -0.15) is 8.42 Å². The maximum Gasteiger partial charge on any atom is 0.394 e. The summed E-state index contributed by atoms with van der Waals surface area (Å²) in [5.41, 5.74) is 5.52. The Labute approximate surface area is 94.8 Å². The first-order valence-electron chi connectivity index (χ1n) is 4.27. The Hall–Kier alpha value is -0.740.